The monoisotopic (exact) mass is 624 g/mol. The second-order valence-electron chi connectivity index (χ2n) is 11.1. The highest BCUT2D eigenvalue weighted by molar-refractivity contribution is 5.80. The van der Waals surface area contributed by atoms with E-state index in [1.165, 1.54) is 95.6 Å². The average Bonchev–Trinajstić information content (AvgIpc) is 3.01. The maximum Gasteiger partial charge on any atom is 0.328 e. The van der Waals surface area contributed by atoms with Gasteiger partial charge in [0.15, 0.2) is 0 Å². The summed E-state index contributed by atoms with van der Waals surface area (Å²) in [5.74, 6) is -1.70. The van der Waals surface area contributed by atoms with Crippen LogP contribution >= 0.6 is 0 Å². The summed E-state index contributed by atoms with van der Waals surface area (Å²) in [5.41, 5.74) is 0. The molecule has 0 amide bonds. The molecule has 0 atom stereocenters. The normalized spacial score (nSPS) is 12.6. The summed E-state index contributed by atoms with van der Waals surface area (Å²) in [6, 6.07) is 0. The number of aliphatic hydroxyl groups is 1. The molecule has 5 nitrogen and oxygen atoms in total. The second kappa shape index (κ2) is 38.7. The predicted molar refractivity (Wildman–Crippen MR) is 194 cm³/mol. The molecule has 0 fully saturated rings. The fourth-order valence-corrected chi connectivity index (χ4v) is 4.12. The lowest BCUT2D eigenvalue weighted by atomic mass is 10.1. The summed E-state index contributed by atoms with van der Waals surface area (Å²) < 4.78 is 0. The predicted octanol–water partition coefficient (Wildman–Crippen LogP) is 12.3. The van der Waals surface area contributed by atoms with E-state index in [0.717, 1.165) is 44.6 Å². The number of hydrogen-bond acceptors (Lipinski definition) is 3. The van der Waals surface area contributed by atoms with E-state index in [1.807, 2.05) is 6.08 Å². The van der Waals surface area contributed by atoms with Crippen molar-refractivity contribution in [2.45, 2.75) is 142 Å². The number of hydrogen-bond donors (Lipinski definition) is 3. The molecule has 0 aliphatic carbocycles. The van der Waals surface area contributed by atoms with Gasteiger partial charge in [-0.1, -0.05) is 151 Å². The van der Waals surface area contributed by atoms with Gasteiger partial charge >= 0.3 is 11.9 Å². The molecule has 0 heterocycles. The molecule has 0 spiro atoms. The first-order valence-electron chi connectivity index (χ1n) is 17.4. The van der Waals surface area contributed by atoms with Crippen molar-refractivity contribution >= 4 is 11.9 Å². The molecule has 0 saturated heterocycles. The van der Waals surface area contributed by atoms with Crippen molar-refractivity contribution in [2.24, 2.45) is 0 Å². The van der Waals surface area contributed by atoms with Gasteiger partial charge in [-0.25, -0.2) is 4.79 Å². The number of aliphatic carboxylic acids is 2. The Kier molecular flexibility index (Phi) is 37.6. The zero-order valence-corrected chi connectivity index (χ0v) is 28.5. The first-order chi connectivity index (χ1) is 21.9. The largest absolute Gasteiger partial charge is 0.508 e. The van der Waals surface area contributed by atoms with Gasteiger partial charge in [0.25, 0.3) is 0 Å². The molecule has 3 N–H and O–H groups in total. The van der Waals surface area contributed by atoms with Gasteiger partial charge in [-0.3, -0.25) is 4.79 Å². The minimum atomic E-state index is -1.03. The van der Waals surface area contributed by atoms with Crippen LogP contribution in [0.25, 0.3) is 0 Å². The van der Waals surface area contributed by atoms with E-state index in [4.69, 9.17) is 10.2 Å². The molecular weight excluding hydrogens is 560 g/mol. The first kappa shape index (κ1) is 43.8. The van der Waals surface area contributed by atoms with E-state index in [-0.39, 0.29) is 12.2 Å². The third-order valence-corrected chi connectivity index (χ3v) is 6.71. The molecule has 5 heteroatoms. The van der Waals surface area contributed by atoms with E-state index < -0.39 is 11.9 Å². The van der Waals surface area contributed by atoms with Gasteiger partial charge in [0, 0.05) is 12.5 Å². The van der Waals surface area contributed by atoms with Crippen molar-refractivity contribution in [3.05, 3.63) is 96.9 Å². The maximum absolute atomic E-state index is 10.3. The van der Waals surface area contributed by atoms with Gasteiger partial charge in [0.05, 0.1) is 0 Å². The fraction of sp³-hybridized carbons (Fsp3) is 0.550. The van der Waals surface area contributed by atoms with Crippen LogP contribution in [0.2, 0.25) is 0 Å². The van der Waals surface area contributed by atoms with Crippen LogP contribution in [0.3, 0.4) is 0 Å². The molecular formula is C40H64O5. The number of carbonyl (C=O) groups is 2. The first-order valence-corrected chi connectivity index (χ1v) is 17.4. The number of unbranched alkanes of at least 4 members (excludes halogenated alkanes) is 13. The summed E-state index contributed by atoms with van der Waals surface area (Å²) in [6.07, 6.45) is 51.3. The molecule has 0 saturated carbocycles. The Morgan fingerprint density at radius 1 is 0.467 bits per heavy atom. The molecule has 0 aromatic heterocycles. The Bertz CT molecular complexity index is 915. The molecule has 254 valence electrons. The molecule has 0 aromatic rings. The Morgan fingerprint density at radius 2 is 0.911 bits per heavy atom. The van der Waals surface area contributed by atoms with Gasteiger partial charge in [-0.05, 0) is 69.9 Å². The topological polar surface area (TPSA) is 94.8 Å². The number of rotatable bonds is 28. The molecule has 0 rings (SSSR count). The zero-order valence-electron chi connectivity index (χ0n) is 28.5. The average molecular weight is 625 g/mol. The number of carboxylic acids is 2. The van der Waals surface area contributed by atoms with E-state index in [0.29, 0.717) is 0 Å². The van der Waals surface area contributed by atoms with Crippen LogP contribution < -0.4 is 0 Å². The Hall–Kier alpha value is -3.34. The van der Waals surface area contributed by atoms with E-state index >= 15 is 0 Å². The summed E-state index contributed by atoms with van der Waals surface area (Å²) in [7, 11) is 0. The smallest absolute Gasteiger partial charge is 0.328 e. The molecule has 45 heavy (non-hydrogen) atoms. The SMILES string of the molecule is CCCCCC=CCC=CCC=CCC=CCCCC(=O)O.CCCCCCCCCCCC=CC=CC(O)=CC=CC(=O)O. The van der Waals surface area contributed by atoms with Crippen LogP contribution in [0.5, 0.6) is 0 Å². The van der Waals surface area contributed by atoms with Gasteiger partial charge < -0.3 is 15.3 Å². The van der Waals surface area contributed by atoms with Crippen molar-refractivity contribution in [1.29, 1.82) is 0 Å². The van der Waals surface area contributed by atoms with Crippen LogP contribution in [0, 0.1) is 0 Å². The Labute approximate surface area is 275 Å². The lowest BCUT2D eigenvalue weighted by molar-refractivity contribution is -0.137. The third kappa shape index (κ3) is 45.2. The highest BCUT2D eigenvalue weighted by atomic mass is 16.4. The van der Waals surface area contributed by atoms with Crippen LogP contribution in [0.1, 0.15) is 142 Å². The van der Waals surface area contributed by atoms with Crippen molar-refractivity contribution in [3.63, 3.8) is 0 Å². The van der Waals surface area contributed by atoms with Crippen LogP contribution in [0.4, 0.5) is 0 Å². The number of allylic oxidation sites excluding steroid dienone is 14. The standard InChI is InChI=1S/C20H32O3.C20H32O2/c1-2-3-4-5-6-7-8-9-10-11-12-13-14-16-19(21)17-15-18-20(22)23;1-2-3-4-5-6-7-8-9-10-11-12-13-14-15-16-17-18-19-20(21)22/h12-18,21H,2-11H2,1H3,(H,22,23);6-7,9-10,12-13,15-16H,2-5,8,11,14,17-19H2,1H3,(H,21,22). The fourth-order valence-electron chi connectivity index (χ4n) is 4.12. The molecule has 0 aromatic carbocycles. The Morgan fingerprint density at radius 3 is 1.44 bits per heavy atom. The van der Waals surface area contributed by atoms with Gasteiger partial charge in [-0.15, -0.1) is 0 Å². The quantitative estimate of drug-likeness (QED) is 0.0265. The van der Waals surface area contributed by atoms with E-state index in [9.17, 15) is 14.7 Å². The third-order valence-electron chi connectivity index (χ3n) is 6.71. The van der Waals surface area contributed by atoms with Crippen molar-refractivity contribution in [1.82, 2.24) is 0 Å². The summed E-state index contributed by atoms with van der Waals surface area (Å²) in [6.45, 7) is 4.48. The van der Waals surface area contributed by atoms with Crippen molar-refractivity contribution in [3.8, 4) is 0 Å². The number of carboxylic acid groups (broad SMARTS) is 2. The second-order valence-corrected chi connectivity index (χ2v) is 11.1. The molecule has 0 bridgehead atoms. The molecule has 0 aliphatic rings. The summed E-state index contributed by atoms with van der Waals surface area (Å²) in [5, 5.41) is 26.3. The lowest BCUT2D eigenvalue weighted by Gasteiger charge is -2.00. The Balaban J connectivity index is 0. The maximum atomic E-state index is 10.3. The van der Waals surface area contributed by atoms with E-state index in [2.05, 4.69) is 68.5 Å². The molecule has 0 unspecified atom stereocenters. The molecule has 0 aliphatic heterocycles. The number of aliphatic hydroxyl groups excluding tert-OH is 1. The summed E-state index contributed by atoms with van der Waals surface area (Å²) in [4.78, 5) is 20.6. The highest BCUT2D eigenvalue weighted by Crippen LogP contribution is 2.10. The zero-order chi connectivity index (χ0) is 33.5. The van der Waals surface area contributed by atoms with Crippen LogP contribution in [-0.4, -0.2) is 27.3 Å². The van der Waals surface area contributed by atoms with E-state index in [1.54, 1.807) is 12.2 Å². The minimum Gasteiger partial charge on any atom is -0.508 e. The van der Waals surface area contributed by atoms with Crippen LogP contribution in [0.15, 0.2) is 96.9 Å². The van der Waals surface area contributed by atoms with Gasteiger partial charge in [0.1, 0.15) is 5.76 Å². The van der Waals surface area contributed by atoms with Crippen molar-refractivity contribution in [2.75, 3.05) is 0 Å². The van der Waals surface area contributed by atoms with Gasteiger partial charge in [0.2, 0.25) is 0 Å². The van der Waals surface area contributed by atoms with Crippen molar-refractivity contribution < 1.29 is 24.9 Å². The lowest BCUT2D eigenvalue weighted by Crippen LogP contribution is -1.92. The minimum absolute atomic E-state index is 0.0372. The summed E-state index contributed by atoms with van der Waals surface area (Å²) >= 11 is 0. The van der Waals surface area contributed by atoms with Gasteiger partial charge in [-0.2, -0.15) is 0 Å². The van der Waals surface area contributed by atoms with Crippen LogP contribution in [-0.2, 0) is 9.59 Å². The highest BCUT2D eigenvalue weighted by Gasteiger charge is 1.93. The molecule has 0 radical (unpaired) electrons.